The number of carboxylic acids is 1. The number of unbranched alkanes of at least 4 members (excludes halogenated alkanes) is 4. The number of primary amides is 1. The average molecular weight is 523 g/mol. The van der Waals surface area contributed by atoms with Crippen molar-refractivity contribution in [1.82, 2.24) is 4.90 Å². The highest BCUT2D eigenvalue weighted by Crippen LogP contribution is 2.36. The monoisotopic (exact) mass is 522 g/mol. The van der Waals surface area contributed by atoms with Gasteiger partial charge in [-0.2, -0.15) is 0 Å². The normalized spacial score (nSPS) is 16.4. The van der Waals surface area contributed by atoms with Gasteiger partial charge < -0.3 is 20.3 Å². The van der Waals surface area contributed by atoms with Gasteiger partial charge in [-0.1, -0.05) is 62.7 Å². The fraction of sp³-hybridized carbons (Fsp3) is 0.520. The van der Waals surface area contributed by atoms with E-state index in [1.165, 1.54) is 25.7 Å². The molecule has 2 atom stereocenters. The number of hydrogen-bond acceptors (Lipinski definition) is 7. The molecule has 0 aromatic heterocycles. The van der Waals surface area contributed by atoms with Crippen molar-refractivity contribution in [3.63, 3.8) is 0 Å². The number of carboxylic acid groups (broad SMARTS) is 1. The van der Waals surface area contributed by atoms with Crippen molar-refractivity contribution in [3.05, 3.63) is 28.7 Å². The minimum Gasteiger partial charge on any atom is -0.493 e. The number of hydrogen-bond donors (Lipinski definition) is 2. The molecule has 192 valence electrons. The summed E-state index contributed by atoms with van der Waals surface area (Å²) in [7, 11) is 1.55. The van der Waals surface area contributed by atoms with Gasteiger partial charge in [0.25, 0.3) is 5.91 Å². The van der Waals surface area contributed by atoms with E-state index in [-0.39, 0.29) is 28.2 Å². The molecule has 3 N–H and O–H groups in total. The molecule has 1 saturated heterocycles. The molecular formula is C25H34N2O6S2. The van der Waals surface area contributed by atoms with Crippen LogP contribution in [0, 0.1) is 0 Å². The van der Waals surface area contributed by atoms with Crippen LogP contribution >= 0.6 is 24.0 Å². The van der Waals surface area contributed by atoms with Gasteiger partial charge in [-0.15, -0.1) is 0 Å². The Hall–Kier alpha value is -2.59. The molecule has 0 spiro atoms. The van der Waals surface area contributed by atoms with Gasteiger partial charge in [0.15, 0.2) is 11.5 Å². The lowest BCUT2D eigenvalue weighted by atomic mass is 10.1. The van der Waals surface area contributed by atoms with Crippen LogP contribution in [0.4, 0.5) is 0 Å². The number of thiocarbonyl (C=S) groups is 1. The number of nitrogens with two attached hydrogens (primary N) is 1. The van der Waals surface area contributed by atoms with Gasteiger partial charge in [0.1, 0.15) is 10.4 Å². The first-order valence-electron chi connectivity index (χ1n) is 11.8. The van der Waals surface area contributed by atoms with Crippen molar-refractivity contribution in [2.45, 2.75) is 77.4 Å². The lowest BCUT2D eigenvalue weighted by molar-refractivity contribution is -0.145. The molecule has 2 amide bonds. The summed E-state index contributed by atoms with van der Waals surface area (Å²) in [6.07, 6.45) is 8.38. The first kappa shape index (κ1) is 28.6. The van der Waals surface area contributed by atoms with E-state index in [9.17, 15) is 19.5 Å². The second-order valence-electron chi connectivity index (χ2n) is 8.45. The number of rotatable bonds is 15. The van der Waals surface area contributed by atoms with Gasteiger partial charge in [0.2, 0.25) is 5.91 Å². The third-order valence-electron chi connectivity index (χ3n) is 5.61. The summed E-state index contributed by atoms with van der Waals surface area (Å²) in [6.45, 7) is 4.23. The number of carbonyl (C=O) groups excluding carboxylic acids is 2. The number of nitrogens with zero attached hydrogens (tertiary/aromatic N) is 1. The standard InChI is InChI=1S/C25H34N2O6S2/c1-4-5-6-7-8-9-16(2)33-19-12-10-17(14-20(19)32-3)15-21-23(29)27(25(34)35-21)18(24(30)31)11-13-22(26)28/h10,12,14-16,18H,4-9,11,13H2,1-3H3,(H2,26,28)(H,30,31)/b21-15+/t16-,18+/m1/s1. The number of thioether (sulfide) groups is 1. The van der Waals surface area contributed by atoms with Gasteiger partial charge in [-0.05, 0) is 50.0 Å². The van der Waals surface area contributed by atoms with E-state index in [1.54, 1.807) is 31.4 Å². The molecular weight excluding hydrogens is 488 g/mol. The van der Waals surface area contributed by atoms with Crippen molar-refractivity contribution in [2.75, 3.05) is 7.11 Å². The molecule has 0 aliphatic carbocycles. The molecule has 1 fully saturated rings. The lowest BCUT2D eigenvalue weighted by Gasteiger charge is -2.22. The number of carbonyl (C=O) groups is 3. The SMILES string of the molecule is CCCCCCC[C@@H](C)Oc1ccc(/C=C2/SC(=S)N([C@@H](CCC(N)=O)C(=O)O)C2=O)cc1OC. The van der Waals surface area contributed by atoms with Crippen LogP contribution in [0.3, 0.4) is 0 Å². The molecule has 10 heteroatoms. The largest absolute Gasteiger partial charge is 0.493 e. The van der Waals surface area contributed by atoms with E-state index in [0.29, 0.717) is 17.1 Å². The quantitative estimate of drug-likeness (QED) is 0.193. The fourth-order valence-electron chi connectivity index (χ4n) is 3.72. The summed E-state index contributed by atoms with van der Waals surface area (Å²) in [5.41, 5.74) is 5.83. The maximum atomic E-state index is 13.0. The zero-order valence-corrected chi connectivity index (χ0v) is 22.1. The van der Waals surface area contributed by atoms with E-state index in [2.05, 4.69) is 6.92 Å². The molecule has 1 heterocycles. The van der Waals surface area contributed by atoms with Crippen molar-refractivity contribution in [2.24, 2.45) is 5.73 Å². The molecule has 1 aromatic carbocycles. The van der Waals surface area contributed by atoms with Gasteiger partial charge in [0, 0.05) is 6.42 Å². The minimum absolute atomic E-state index is 0.0426. The van der Waals surface area contributed by atoms with E-state index in [1.807, 2.05) is 6.92 Å². The van der Waals surface area contributed by atoms with Crippen LogP contribution in [0.25, 0.3) is 6.08 Å². The number of aliphatic carboxylic acids is 1. The predicted molar refractivity (Wildman–Crippen MR) is 141 cm³/mol. The van der Waals surface area contributed by atoms with Crippen LogP contribution in [0.15, 0.2) is 23.1 Å². The van der Waals surface area contributed by atoms with Crippen LogP contribution in [-0.4, -0.2) is 51.4 Å². The summed E-state index contributed by atoms with van der Waals surface area (Å²) in [4.78, 5) is 37.1. The highest BCUT2D eigenvalue weighted by molar-refractivity contribution is 8.26. The molecule has 0 radical (unpaired) electrons. The summed E-state index contributed by atoms with van der Waals surface area (Å²) in [6, 6.07) is 4.11. The summed E-state index contributed by atoms with van der Waals surface area (Å²) in [5.74, 6) is -1.25. The van der Waals surface area contributed by atoms with Crippen LogP contribution in [0.5, 0.6) is 11.5 Å². The van der Waals surface area contributed by atoms with E-state index in [4.69, 9.17) is 27.4 Å². The first-order chi connectivity index (χ1) is 16.7. The Kier molecular flexibility index (Phi) is 11.5. The molecule has 1 aliphatic heterocycles. The Bertz CT molecular complexity index is 965. The van der Waals surface area contributed by atoms with Crippen molar-refractivity contribution in [3.8, 4) is 11.5 Å². The number of amides is 2. The minimum atomic E-state index is -1.25. The van der Waals surface area contributed by atoms with Crippen molar-refractivity contribution < 1.29 is 29.0 Å². The van der Waals surface area contributed by atoms with Crippen LogP contribution in [-0.2, 0) is 14.4 Å². The molecule has 0 bridgehead atoms. The Morgan fingerprint density at radius 2 is 1.91 bits per heavy atom. The Balaban J connectivity index is 2.11. The van der Waals surface area contributed by atoms with E-state index in [0.717, 1.165) is 29.5 Å². The Labute approximate surface area is 216 Å². The zero-order valence-electron chi connectivity index (χ0n) is 20.5. The summed E-state index contributed by atoms with van der Waals surface area (Å²) < 4.78 is 11.7. The second kappa shape index (κ2) is 14.1. The number of benzene rings is 1. The molecule has 0 saturated carbocycles. The van der Waals surface area contributed by atoms with Crippen molar-refractivity contribution >= 4 is 52.2 Å². The maximum Gasteiger partial charge on any atom is 0.326 e. The molecule has 8 nitrogen and oxygen atoms in total. The Morgan fingerprint density at radius 3 is 2.54 bits per heavy atom. The summed E-state index contributed by atoms with van der Waals surface area (Å²) in [5, 5.41) is 9.56. The highest BCUT2D eigenvalue weighted by Gasteiger charge is 2.40. The zero-order chi connectivity index (χ0) is 26.0. The van der Waals surface area contributed by atoms with Crippen LogP contribution in [0.1, 0.15) is 70.8 Å². The lowest BCUT2D eigenvalue weighted by Crippen LogP contribution is -2.44. The van der Waals surface area contributed by atoms with Crippen LogP contribution in [0.2, 0.25) is 0 Å². The van der Waals surface area contributed by atoms with E-state index < -0.39 is 23.8 Å². The van der Waals surface area contributed by atoms with Gasteiger partial charge in [0.05, 0.1) is 18.1 Å². The summed E-state index contributed by atoms with van der Waals surface area (Å²) >= 11 is 6.28. The molecule has 2 rings (SSSR count). The number of methoxy groups -OCH3 is 1. The van der Waals surface area contributed by atoms with Crippen LogP contribution < -0.4 is 15.2 Å². The van der Waals surface area contributed by atoms with E-state index >= 15 is 0 Å². The molecule has 35 heavy (non-hydrogen) atoms. The first-order valence-corrected chi connectivity index (χ1v) is 13.0. The van der Waals surface area contributed by atoms with Crippen molar-refractivity contribution in [1.29, 1.82) is 0 Å². The smallest absolute Gasteiger partial charge is 0.326 e. The Morgan fingerprint density at radius 1 is 1.20 bits per heavy atom. The fourth-order valence-corrected chi connectivity index (χ4v) is 5.08. The molecule has 0 unspecified atom stereocenters. The third kappa shape index (κ3) is 8.54. The maximum absolute atomic E-state index is 13.0. The average Bonchev–Trinajstić information content (AvgIpc) is 3.07. The van der Waals surface area contributed by atoms with Gasteiger partial charge in [-0.3, -0.25) is 14.5 Å². The topological polar surface area (TPSA) is 119 Å². The highest BCUT2D eigenvalue weighted by atomic mass is 32.2. The van der Waals surface area contributed by atoms with Gasteiger partial charge >= 0.3 is 5.97 Å². The third-order valence-corrected chi connectivity index (χ3v) is 6.94. The molecule has 1 aromatic rings. The molecule has 1 aliphatic rings. The second-order valence-corrected chi connectivity index (χ2v) is 10.1. The van der Waals surface area contributed by atoms with Gasteiger partial charge in [-0.25, -0.2) is 4.79 Å². The number of ether oxygens (including phenoxy) is 2. The predicted octanol–water partition coefficient (Wildman–Crippen LogP) is 4.74.